The predicted octanol–water partition coefficient (Wildman–Crippen LogP) is 2.33. The summed E-state index contributed by atoms with van der Waals surface area (Å²) in [5.74, 6) is -0.330. The van der Waals surface area contributed by atoms with E-state index < -0.39 is 4.92 Å². The molecule has 0 unspecified atom stereocenters. The van der Waals surface area contributed by atoms with Crippen molar-refractivity contribution in [3.05, 3.63) is 39.4 Å². The average Bonchev–Trinajstić information content (AvgIpc) is 2.37. The summed E-state index contributed by atoms with van der Waals surface area (Å²) in [6.45, 7) is 2.17. The maximum absolute atomic E-state index is 11.8. The lowest BCUT2D eigenvalue weighted by Gasteiger charge is -2.05. The lowest BCUT2D eigenvalue weighted by Crippen LogP contribution is -2.24. The van der Waals surface area contributed by atoms with Crippen LogP contribution < -0.4 is 5.32 Å². The van der Waals surface area contributed by atoms with Gasteiger partial charge in [0.15, 0.2) is 0 Å². The summed E-state index contributed by atoms with van der Waals surface area (Å²) in [5, 5.41) is 21.7. The third kappa shape index (κ3) is 4.76. The first-order chi connectivity index (χ1) is 9.04. The molecule has 0 aliphatic carbocycles. The minimum Gasteiger partial charge on any atom is -0.352 e. The number of nitro groups is 1. The molecular weight excluding hydrogens is 246 g/mol. The van der Waals surface area contributed by atoms with Gasteiger partial charge >= 0.3 is 0 Å². The Kier molecular flexibility index (Phi) is 5.48. The number of aryl methyl sites for hydroxylation is 1. The van der Waals surface area contributed by atoms with Gasteiger partial charge in [-0.15, -0.1) is 0 Å². The zero-order valence-corrected chi connectivity index (χ0v) is 10.7. The SMILES string of the molecule is Cc1cc(C(=O)NCCCCC#N)cc([N+](=O)[O-])c1. The maximum Gasteiger partial charge on any atom is 0.270 e. The fraction of sp³-hybridized carbons (Fsp3) is 0.385. The summed E-state index contributed by atoms with van der Waals surface area (Å²) in [5.41, 5.74) is 0.866. The van der Waals surface area contributed by atoms with Crippen LogP contribution in [0.1, 0.15) is 35.2 Å². The van der Waals surface area contributed by atoms with Gasteiger partial charge in [0, 0.05) is 30.7 Å². The van der Waals surface area contributed by atoms with Crippen molar-refractivity contribution in [3.63, 3.8) is 0 Å². The molecule has 0 saturated heterocycles. The van der Waals surface area contributed by atoms with E-state index in [2.05, 4.69) is 5.32 Å². The van der Waals surface area contributed by atoms with Crippen molar-refractivity contribution in [2.24, 2.45) is 0 Å². The van der Waals surface area contributed by atoms with Gasteiger partial charge in [-0.25, -0.2) is 0 Å². The van der Waals surface area contributed by atoms with Crippen molar-refractivity contribution in [3.8, 4) is 6.07 Å². The van der Waals surface area contributed by atoms with Gasteiger partial charge in [-0.1, -0.05) is 0 Å². The summed E-state index contributed by atoms with van der Waals surface area (Å²) in [7, 11) is 0. The summed E-state index contributed by atoms with van der Waals surface area (Å²) >= 11 is 0. The minimum absolute atomic E-state index is 0.0883. The van der Waals surface area contributed by atoms with Crippen LogP contribution in [-0.4, -0.2) is 17.4 Å². The van der Waals surface area contributed by atoms with Crippen LogP contribution in [0, 0.1) is 28.4 Å². The summed E-state index contributed by atoms with van der Waals surface area (Å²) in [6, 6.07) is 6.32. The van der Waals surface area contributed by atoms with Crippen molar-refractivity contribution >= 4 is 11.6 Å². The Balaban J connectivity index is 2.62. The molecule has 1 rings (SSSR count). The molecule has 6 nitrogen and oxygen atoms in total. The molecule has 0 saturated carbocycles. The largest absolute Gasteiger partial charge is 0.352 e. The lowest BCUT2D eigenvalue weighted by molar-refractivity contribution is -0.384. The van der Waals surface area contributed by atoms with Crippen LogP contribution in [0.15, 0.2) is 18.2 Å². The molecular formula is C13H15N3O3. The van der Waals surface area contributed by atoms with Gasteiger partial charge in [-0.2, -0.15) is 5.26 Å². The van der Waals surface area contributed by atoms with Crippen LogP contribution in [0.4, 0.5) is 5.69 Å². The molecule has 6 heteroatoms. The van der Waals surface area contributed by atoms with Gasteiger partial charge in [0.1, 0.15) is 0 Å². The molecule has 0 radical (unpaired) electrons. The van der Waals surface area contributed by atoms with Crippen molar-refractivity contribution < 1.29 is 9.72 Å². The van der Waals surface area contributed by atoms with Gasteiger partial charge < -0.3 is 5.32 Å². The second kappa shape index (κ2) is 7.11. The molecule has 1 aromatic rings. The van der Waals surface area contributed by atoms with Gasteiger partial charge in [0.2, 0.25) is 0 Å². The van der Waals surface area contributed by atoms with E-state index in [4.69, 9.17) is 5.26 Å². The van der Waals surface area contributed by atoms with Crippen LogP contribution >= 0.6 is 0 Å². The number of nitrogens with one attached hydrogen (secondary N) is 1. The molecule has 0 atom stereocenters. The molecule has 0 aromatic heterocycles. The molecule has 0 fully saturated rings. The number of unbranched alkanes of at least 4 members (excludes halogenated alkanes) is 2. The van der Waals surface area contributed by atoms with E-state index in [-0.39, 0.29) is 17.2 Å². The first-order valence-electron chi connectivity index (χ1n) is 5.96. The first kappa shape index (κ1) is 14.6. The van der Waals surface area contributed by atoms with Crippen LogP contribution in [0.2, 0.25) is 0 Å². The van der Waals surface area contributed by atoms with E-state index in [1.54, 1.807) is 13.0 Å². The maximum atomic E-state index is 11.8. The number of rotatable bonds is 6. The van der Waals surface area contributed by atoms with Crippen LogP contribution in [0.25, 0.3) is 0 Å². The highest BCUT2D eigenvalue weighted by Gasteiger charge is 2.12. The topological polar surface area (TPSA) is 96.0 Å². The van der Waals surface area contributed by atoms with E-state index in [1.165, 1.54) is 12.1 Å². The van der Waals surface area contributed by atoms with Crippen LogP contribution in [0.3, 0.4) is 0 Å². The van der Waals surface area contributed by atoms with E-state index in [9.17, 15) is 14.9 Å². The number of hydrogen-bond donors (Lipinski definition) is 1. The van der Waals surface area contributed by atoms with E-state index in [0.717, 1.165) is 6.42 Å². The van der Waals surface area contributed by atoms with Crippen molar-refractivity contribution in [2.75, 3.05) is 6.54 Å². The average molecular weight is 261 g/mol. The second-order valence-corrected chi connectivity index (χ2v) is 4.19. The Morgan fingerprint density at radius 1 is 1.42 bits per heavy atom. The molecule has 0 aliphatic heterocycles. The van der Waals surface area contributed by atoms with Crippen molar-refractivity contribution in [1.29, 1.82) is 5.26 Å². The number of nitriles is 1. The number of amides is 1. The number of nitrogens with zero attached hydrogens (tertiary/aromatic N) is 2. The predicted molar refractivity (Wildman–Crippen MR) is 69.6 cm³/mol. The smallest absolute Gasteiger partial charge is 0.270 e. The lowest BCUT2D eigenvalue weighted by atomic mass is 10.1. The van der Waals surface area contributed by atoms with Gasteiger partial charge in [-0.05, 0) is 31.4 Å². The fourth-order valence-corrected chi connectivity index (χ4v) is 1.63. The standard InChI is InChI=1S/C13H15N3O3/c1-10-7-11(9-12(8-10)16(18)19)13(17)15-6-4-2-3-5-14/h7-9H,2-4,6H2,1H3,(H,15,17). The monoisotopic (exact) mass is 261 g/mol. The Bertz CT molecular complexity index is 520. The second-order valence-electron chi connectivity index (χ2n) is 4.19. The highest BCUT2D eigenvalue weighted by Crippen LogP contribution is 2.16. The number of nitro benzene ring substituents is 1. The van der Waals surface area contributed by atoms with Gasteiger partial charge in [-0.3, -0.25) is 14.9 Å². The Morgan fingerprint density at radius 2 is 2.16 bits per heavy atom. The zero-order valence-electron chi connectivity index (χ0n) is 10.7. The molecule has 100 valence electrons. The molecule has 0 bridgehead atoms. The van der Waals surface area contributed by atoms with E-state index >= 15 is 0 Å². The molecule has 1 N–H and O–H groups in total. The Hall–Kier alpha value is -2.42. The van der Waals surface area contributed by atoms with E-state index in [0.29, 0.717) is 24.9 Å². The molecule has 0 heterocycles. The third-order valence-electron chi connectivity index (χ3n) is 2.54. The normalized spacial score (nSPS) is 9.68. The number of benzene rings is 1. The summed E-state index contributed by atoms with van der Waals surface area (Å²) in [6.07, 6.45) is 1.91. The van der Waals surface area contributed by atoms with Gasteiger partial charge in [0.25, 0.3) is 11.6 Å². The van der Waals surface area contributed by atoms with Crippen LogP contribution in [0.5, 0.6) is 0 Å². The Labute approximate surface area is 111 Å². The summed E-state index contributed by atoms with van der Waals surface area (Å²) < 4.78 is 0. The first-order valence-corrected chi connectivity index (χ1v) is 5.96. The Morgan fingerprint density at radius 3 is 2.79 bits per heavy atom. The molecule has 0 spiro atoms. The molecule has 19 heavy (non-hydrogen) atoms. The fourth-order valence-electron chi connectivity index (χ4n) is 1.63. The molecule has 1 amide bonds. The summed E-state index contributed by atoms with van der Waals surface area (Å²) in [4.78, 5) is 22.0. The third-order valence-corrected chi connectivity index (χ3v) is 2.54. The van der Waals surface area contributed by atoms with Crippen LogP contribution in [-0.2, 0) is 0 Å². The number of carbonyl (C=O) groups is 1. The number of hydrogen-bond acceptors (Lipinski definition) is 4. The highest BCUT2D eigenvalue weighted by atomic mass is 16.6. The van der Waals surface area contributed by atoms with Crippen molar-refractivity contribution in [2.45, 2.75) is 26.2 Å². The number of carbonyl (C=O) groups excluding carboxylic acids is 1. The zero-order chi connectivity index (χ0) is 14.3. The quantitative estimate of drug-likeness (QED) is 0.483. The highest BCUT2D eigenvalue weighted by molar-refractivity contribution is 5.95. The molecule has 1 aromatic carbocycles. The van der Waals surface area contributed by atoms with Gasteiger partial charge in [0.05, 0.1) is 11.0 Å². The minimum atomic E-state index is -0.517. The van der Waals surface area contributed by atoms with E-state index in [1.807, 2.05) is 6.07 Å². The number of non-ortho nitro benzene ring substituents is 1. The van der Waals surface area contributed by atoms with Crippen molar-refractivity contribution in [1.82, 2.24) is 5.32 Å². The molecule has 0 aliphatic rings.